The third-order valence-corrected chi connectivity index (χ3v) is 4.49. The van der Waals surface area contributed by atoms with Crippen LogP contribution in [0.4, 0.5) is 0 Å². The molecule has 3 heteroatoms. The quantitative estimate of drug-likeness (QED) is 0.485. The maximum atomic E-state index is 11.9. The van der Waals surface area contributed by atoms with Gasteiger partial charge in [0.25, 0.3) is 0 Å². The summed E-state index contributed by atoms with van der Waals surface area (Å²) >= 11 is 0. The summed E-state index contributed by atoms with van der Waals surface area (Å²) in [6, 6.07) is 0. The molecule has 2 atom stereocenters. The molecule has 3 aliphatic rings. The van der Waals surface area contributed by atoms with Crippen molar-refractivity contribution in [1.29, 1.82) is 0 Å². The van der Waals surface area contributed by atoms with Gasteiger partial charge in [0, 0.05) is 11.0 Å². The Morgan fingerprint density at radius 1 is 1.39 bits per heavy atom. The topological polar surface area (TPSA) is 43.4 Å². The molecule has 0 aromatic carbocycles. The summed E-state index contributed by atoms with van der Waals surface area (Å²) < 4.78 is 5.70. The molecule has 2 fully saturated rings. The number of ketones is 1. The van der Waals surface area contributed by atoms with Gasteiger partial charge >= 0.3 is 5.97 Å². The largest absolute Gasteiger partial charge is 0.446 e. The van der Waals surface area contributed by atoms with Crippen LogP contribution in [0.3, 0.4) is 0 Å². The smallest absolute Gasteiger partial charge is 0.334 e. The summed E-state index contributed by atoms with van der Waals surface area (Å²) in [4.78, 5) is 23.4. The molecule has 0 aromatic heterocycles. The van der Waals surface area contributed by atoms with E-state index in [1.165, 1.54) is 6.08 Å². The summed E-state index contributed by atoms with van der Waals surface area (Å²) in [6.07, 6.45) is 8.42. The van der Waals surface area contributed by atoms with Crippen molar-refractivity contribution in [3.05, 3.63) is 36.0 Å². The molecular formula is C15H16O3. The Bertz CT molecular complexity index is 526. The van der Waals surface area contributed by atoms with Crippen LogP contribution in [0.2, 0.25) is 0 Å². The van der Waals surface area contributed by atoms with Gasteiger partial charge in [-0.25, -0.2) is 4.79 Å². The Labute approximate surface area is 106 Å². The lowest BCUT2D eigenvalue weighted by atomic mass is 9.57. The average Bonchev–Trinajstić information content (AvgIpc) is 2.30. The lowest BCUT2D eigenvalue weighted by molar-refractivity contribution is -0.168. The fourth-order valence-electron chi connectivity index (χ4n) is 3.54. The monoisotopic (exact) mass is 244 g/mol. The maximum absolute atomic E-state index is 11.9. The number of allylic oxidation sites excluding steroid dienone is 2. The summed E-state index contributed by atoms with van der Waals surface area (Å²) in [5.74, 6) is -0.348. The lowest BCUT2D eigenvalue weighted by Crippen LogP contribution is -2.56. The molecule has 1 spiro atoms. The fraction of sp³-hybridized carbons (Fsp3) is 0.467. The van der Waals surface area contributed by atoms with Gasteiger partial charge in [0.1, 0.15) is 0 Å². The molecule has 94 valence electrons. The number of ether oxygens (including phenoxy) is 1. The third-order valence-electron chi connectivity index (χ3n) is 4.49. The van der Waals surface area contributed by atoms with Gasteiger partial charge in [-0.15, -0.1) is 0 Å². The highest BCUT2D eigenvalue weighted by molar-refractivity contribution is 6.02. The minimum atomic E-state index is -0.711. The molecule has 0 unspecified atom stereocenters. The molecule has 0 N–H and O–H groups in total. The molecule has 0 bridgehead atoms. The molecule has 1 saturated heterocycles. The SMILES string of the molecule is C=C1C[C@@]2(C)CCCC3=CC(=O)C=C[C@@]32OC1=O. The van der Waals surface area contributed by atoms with Gasteiger partial charge in [-0.2, -0.15) is 0 Å². The van der Waals surface area contributed by atoms with E-state index in [-0.39, 0.29) is 17.2 Å². The summed E-state index contributed by atoms with van der Waals surface area (Å²) in [7, 11) is 0. The minimum Gasteiger partial charge on any atom is -0.446 e. The third kappa shape index (κ3) is 1.30. The van der Waals surface area contributed by atoms with Crippen LogP contribution in [0.25, 0.3) is 0 Å². The normalized spacial score (nSPS) is 38.7. The van der Waals surface area contributed by atoms with E-state index in [1.54, 1.807) is 12.2 Å². The van der Waals surface area contributed by atoms with Crippen molar-refractivity contribution in [2.24, 2.45) is 5.41 Å². The molecule has 0 amide bonds. The number of carbonyl (C=O) groups excluding carboxylic acids is 2. The highest BCUT2D eigenvalue weighted by Gasteiger charge is 2.58. The van der Waals surface area contributed by atoms with Crippen molar-refractivity contribution in [1.82, 2.24) is 0 Å². The maximum Gasteiger partial charge on any atom is 0.334 e. The Hall–Kier alpha value is -1.64. The van der Waals surface area contributed by atoms with Crippen LogP contribution in [0.1, 0.15) is 32.6 Å². The van der Waals surface area contributed by atoms with Crippen LogP contribution >= 0.6 is 0 Å². The van der Waals surface area contributed by atoms with Gasteiger partial charge in [-0.05, 0) is 49.5 Å². The zero-order valence-corrected chi connectivity index (χ0v) is 10.5. The second-order valence-corrected chi connectivity index (χ2v) is 5.72. The molecule has 18 heavy (non-hydrogen) atoms. The molecule has 0 radical (unpaired) electrons. The number of hydrogen-bond acceptors (Lipinski definition) is 3. The lowest BCUT2D eigenvalue weighted by Gasteiger charge is -2.54. The van der Waals surface area contributed by atoms with E-state index in [1.807, 2.05) is 0 Å². The minimum absolute atomic E-state index is 0.0136. The predicted molar refractivity (Wildman–Crippen MR) is 66.8 cm³/mol. The van der Waals surface area contributed by atoms with E-state index in [4.69, 9.17) is 4.74 Å². The highest BCUT2D eigenvalue weighted by atomic mass is 16.6. The van der Waals surface area contributed by atoms with Crippen LogP contribution in [-0.4, -0.2) is 17.4 Å². The number of rotatable bonds is 0. The van der Waals surface area contributed by atoms with Crippen LogP contribution in [0.15, 0.2) is 36.0 Å². The second kappa shape index (κ2) is 3.44. The van der Waals surface area contributed by atoms with Crippen LogP contribution in [0, 0.1) is 5.41 Å². The van der Waals surface area contributed by atoms with Crippen molar-refractivity contribution < 1.29 is 14.3 Å². The van der Waals surface area contributed by atoms with Gasteiger partial charge in [0.05, 0.1) is 0 Å². The van der Waals surface area contributed by atoms with Crippen molar-refractivity contribution >= 4 is 11.8 Å². The zero-order valence-electron chi connectivity index (χ0n) is 10.5. The van der Waals surface area contributed by atoms with E-state index in [9.17, 15) is 9.59 Å². The molecule has 3 rings (SSSR count). The van der Waals surface area contributed by atoms with E-state index < -0.39 is 5.60 Å². The number of esters is 1. The van der Waals surface area contributed by atoms with Gasteiger partial charge in [0.2, 0.25) is 0 Å². The van der Waals surface area contributed by atoms with Crippen LogP contribution in [0.5, 0.6) is 0 Å². The first-order chi connectivity index (χ1) is 8.47. The number of hydrogen-bond donors (Lipinski definition) is 0. The molecular weight excluding hydrogens is 228 g/mol. The van der Waals surface area contributed by atoms with Gasteiger partial charge in [-0.3, -0.25) is 4.79 Å². The zero-order chi connectivity index (χ0) is 13.0. The molecule has 1 aliphatic heterocycles. The molecule has 2 aliphatic carbocycles. The summed E-state index contributed by atoms with van der Waals surface area (Å²) in [5.41, 5.74) is 0.607. The van der Waals surface area contributed by atoms with E-state index >= 15 is 0 Å². The Kier molecular flexibility index (Phi) is 2.19. The Morgan fingerprint density at radius 3 is 2.94 bits per heavy atom. The second-order valence-electron chi connectivity index (χ2n) is 5.72. The molecule has 0 aromatic rings. The van der Waals surface area contributed by atoms with Crippen LogP contribution in [-0.2, 0) is 14.3 Å². The van der Waals surface area contributed by atoms with Gasteiger partial charge < -0.3 is 4.74 Å². The van der Waals surface area contributed by atoms with Crippen molar-refractivity contribution in [2.75, 3.05) is 0 Å². The molecule has 1 saturated carbocycles. The molecule has 3 nitrogen and oxygen atoms in total. The van der Waals surface area contributed by atoms with Crippen molar-refractivity contribution in [3.63, 3.8) is 0 Å². The first-order valence-electron chi connectivity index (χ1n) is 6.32. The van der Waals surface area contributed by atoms with Gasteiger partial charge in [-0.1, -0.05) is 13.5 Å². The summed E-state index contributed by atoms with van der Waals surface area (Å²) in [5, 5.41) is 0. The Balaban J connectivity index is 2.15. The number of carbonyl (C=O) groups is 2. The van der Waals surface area contributed by atoms with E-state index in [0.29, 0.717) is 12.0 Å². The standard InChI is InChI=1S/C15H16O3/c1-10-9-14(2)6-3-4-11-8-12(16)5-7-15(11,14)18-13(10)17/h5,7-8H,1,3-4,6,9H2,2H3/t14-,15-/m1/s1. The van der Waals surface area contributed by atoms with E-state index in [2.05, 4.69) is 13.5 Å². The van der Waals surface area contributed by atoms with Crippen molar-refractivity contribution in [2.45, 2.75) is 38.2 Å². The average molecular weight is 244 g/mol. The molecule has 1 heterocycles. The first-order valence-corrected chi connectivity index (χ1v) is 6.32. The van der Waals surface area contributed by atoms with Crippen LogP contribution < -0.4 is 0 Å². The highest BCUT2D eigenvalue weighted by Crippen LogP contribution is 2.56. The van der Waals surface area contributed by atoms with E-state index in [0.717, 1.165) is 24.8 Å². The first kappa shape index (κ1) is 11.5. The summed E-state index contributed by atoms with van der Waals surface area (Å²) in [6.45, 7) is 5.92. The fourth-order valence-corrected chi connectivity index (χ4v) is 3.54. The van der Waals surface area contributed by atoms with Crippen molar-refractivity contribution in [3.8, 4) is 0 Å². The Morgan fingerprint density at radius 2 is 2.17 bits per heavy atom. The predicted octanol–water partition coefficient (Wildman–Crippen LogP) is 2.48. The van der Waals surface area contributed by atoms with Gasteiger partial charge in [0.15, 0.2) is 11.4 Å².